The van der Waals surface area contributed by atoms with Crippen LogP contribution in [0, 0.1) is 0 Å². The number of ether oxygens (including phenoxy) is 6. The number of nitrogens with zero attached hydrogens (tertiary/aromatic N) is 6. The second-order valence-electron chi connectivity index (χ2n) is 14.6. The van der Waals surface area contributed by atoms with Gasteiger partial charge in [0.15, 0.2) is 47.9 Å². The van der Waals surface area contributed by atoms with Crippen molar-refractivity contribution in [1.29, 1.82) is 0 Å². The molecule has 18 nitrogen and oxygen atoms in total. The number of aliphatic imine (C=N–C) groups is 1. The fourth-order valence-corrected chi connectivity index (χ4v) is 7.17. The maximum Gasteiger partial charge on any atom is 0.573 e. The summed E-state index contributed by atoms with van der Waals surface area (Å²) in [5.41, 5.74) is 1.92. The summed E-state index contributed by atoms with van der Waals surface area (Å²) in [6, 6.07) is 23.4. The van der Waals surface area contributed by atoms with Crippen molar-refractivity contribution in [3.05, 3.63) is 120 Å². The molecule has 0 aliphatic carbocycles. The van der Waals surface area contributed by atoms with Crippen LogP contribution in [0.3, 0.4) is 0 Å². The molecule has 1 unspecified atom stereocenters. The van der Waals surface area contributed by atoms with Crippen LogP contribution in [0.5, 0.6) is 0 Å². The summed E-state index contributed by atoms with van der Waals surface area (Å²) in [6.07, 6.45) is -9.22. The molecule has 0 saturated carbocycles. The number of rotatable bonds is 18. The predicted molar refractivity (Wildman–Crippen MR) is 222 cm³/mol. The van der Waals surface area contributed by atoms with E-state index in [0.717, 1.165) is 21.0 Å². The molecule has 21 heteroatoms. The first-order chi connectivity index (χ1) is 31.2. The van der Waals surface area contributed by atoms with Crippen molar-refractivity contribution in [2.24, 2.45) is 4.99 Å². The van der Waals surface area contributed by atoms with Crippen LogP contribution in [0.2, 0.25) is 0 Å². The van der Waals surface area contributed by atoms with Crippen LogP contribution in [0.4, 0.5) is 23.8 Å². The van der Waals surface area contributed by atoms with E-state index >= 15 is 0 Å². The molecule has 6 rings (SSSR count). The zero-order valence-corrected chi connectivity index (χ0v) is 35.2. The van der Waals surface area contributed by atoms with Crippen molar-refractivity contribution in [2.45, 2.75) is 89.2 Å². The summed E-state index contributed by atoms with van der Waals surface area (Å²) in [4.78, 5) is 83.9. The summed E-state index contributed by atoms with van der Waals surface area (Å²) >= 11 is 0. The lowest BCUT2D eigenvalue weighted by Crippen LogP contribution is -2.45. The van der Waals surface area contributed by atoms with E-state index in [-0.39, 0.29) is 55.8 Å². The Morgan fingerprint density at radius 1 is 0.862 bits per heavy atom. The highest BCUT2D eigenvalue weighted by Gasteiger charge is 2.52. The van der Waals surface area contributed by atoms with Crippen LogP contribution in [0.1, 0.15) is 60.8 Å². The summed E-state index contributed by atoms with van der Waals surface area (Å²) in [6.45, 7) is 2.06. The van der Waals surface area contributed by atoms with Gasteiger partial charge in [-0.3, -0.25) is 19.0 Å². The minimum absolute atomic E-state index is 0.0480. The Morgan fingerprint density at radius 3 is 2.12 bits per heavy atom. The molecule has 342 valence electrons. The quantitative estimate of drug-likeness (QED) is 0.0441. The van der Waals surface area contributed by atoms with Crippen LogP contribution in [-0.4, -0.2) is 105 Å². The SMILES string of the molecule is COC(=O)[C@H](CC[C@@H](C[C@H]1O[C@@H](n2cnc3c(NC(=O)c4ccccc4)ncnc32)[C@@H](OC(C)=O)C1OC(C)=O)N(Cc1ccccc1)C(=O)OCc1ccccc1)N=COC(F)(F)F. The lowest BCUT2D eigenvalue weighted by atomic mass is 9.96. The standard InChI is InChI=1S/C44H44F3N7O11/c1-27(55)63-36-34(65-41(37(36)64-28(2)56)54-25-50-35-38(48-24-49-39(35)54)52-40(57)31-17-11-6-12-18-31)21-32(19-20-33(42(58)60-3)51-26-62-44(45,46)47)53(22-29-13-7-4-8-14-29)43(59)61-23-30-15-9-5-10-16-30/h4-18,24-26,32-34,36-37,41H,19-23H2,1-3H3,(H,48,49,52,57)/t32-,33-,34+,36?,37-,41+/m0/s1. The topological polar surface area (TPSA) is 212 Å². The molecule has 1 aliphatic heterocycles. The fraction of sp³-hybridized carbons (Fsp3) is 0.341. The highest BCUT2D eigenvalue weighted by molar-refractivity contribution is 6.06. The van der Waals surface area contributed by atoms with E-state index in [1.165, 1.54) is 22.1 Å². The van der Waals surface area contributed by atoms with Crippen LogP contribution in [-0.2, 0) is 56.0 Å². The number of alkyl halides is 3. The largest absolute Gasteiger partial charge is 0.573 e. The van der Waals surface area contributed by atoms with Crippen molar-refractivity contribution < 1.29 is 65.6 Å². The zero-order chi connectivity index (χ0) is 46.5. The molecule has 0 radical (unpaired) electrons. The number of benzene rings is 3. The van der Waals surface area contributed by atoms with Crippen LogP contribution < -0.4 is 5.32 Å². The van der Waals surface area contributed by atoms with Gasteiger partial charge in [-0.1, -0.05) is 78.9 Å². The Morgan fingerprint density at radius 2 is 1.49 bits per heavy atom. The third-order valence-electron chi connectivity index (χ3n) is 10.0. The number of halogens is 3. The van der Waals surface area contributed by atoms with Crippen LogP contribution in [0.25, 0.3) is 11.2 Å². The Bertz CT molecular complexity index is 2440. The van der Waals surface area contributed by atoms with Gasteiger partial charge in [0.2, 0.25) is 0 Å². The number of amides is 2. The van der Waals surface area contributed by atoms with Crippen molar-refractivity contribution in [3.63, 3.8) is 0 Å². The van der Waals surface area contributed by atoms with Gasteiger partial charge in [-0.25, -0.2) is 29.5 Å². The second kappa shape index (κ2) is 21.8. The monoisotopic (exact) mass is 903 g/mol. The Kier molecular flexibility index (Phi) is 15.8. The van der Waals surface area contributed by atoms with Gasteiger partial charge in [0.05, 0.1) is 13.4 Å². The molecule has 1 saturated heterocycles. The van der Waals surface area contributed by atoms with E-state index in [9.17, 15) is 37.1 Å². The van der Waals surface area contributed by atoms with Crippen LogP contribution in [0.15, 0.2) is 109 Å². The van der Waals surface area contributed by atoms with Gasteiger partial charge in [0, 0.05) is 32.0 Å². The third-order valence-corrected chi connectivity index (χ3v) is 10.0. The first-order valence-corrected chi connectivity index (χ1v) is 20.1. The van der Waals surface area contributed by atoms with Crippen molar-refractivity contribution in [2.75, 3.05) is 12.4 Å². The summed E-state index contributed by atoms with van der Waals surface area (Å²) < 4.78 is 72.7. The molecule has 1 N–H and O–H groups in total. The van der Waals surface area contributed by atoms with Crippen molar-refractivity contribution in [3.8, 4) is 0 Å². The van der Waals surface area contributed by atoms with Crippen molar-refractivity contribution in [1.82, 2.24) is 24.4 Å². The Labute approximate surface area is 369 Å². The normalized spacial score (nSPS) is 18.1. The van der Waals surface area contributed by atoms with Gasteiger partial charge in [-0.05, 0) is 42.5 Å². The van der Waals surface area contributed by atoms with E-state index < -0.39 is 72.9 Å². The third kappa shape index (κ3) is 12.8. The first kappa shape index (κ1) is 47.1. The number of nitrogens with one attached hydrogen (secondary N) is 1. The molecular weight excluding hydrogens is 860 g/mol. The number of anilines is 1. The van der Waals surface area contributed by atoms with E-state index in [4.69, 9.17) is 23.7 Å². The molecule has 2 amide bonds. The highest BCUT2D eigenvalue weighted by atomic mass is 19.4. The molecule has 1 aliphatic rings. The molecule has 0 spiro atoms. The minimum atomic E-state index is -5.09. The fourth-order valence-electron chi connectivity index (χ4n) is 7.17. The average Bonchev–Trinajstić information content (AvgIpc) is 3.86. The van der Waals surface area contributed by atoms with Gasteiger partial charge >= 0.3 is 30.4 Å². The number of esters is 3. The molecule has 0 bridgehead atoms. The van der Waals surface area contributed by atoms with Crippen LogP contribution >= 0.6 is 0 Å². The predicted octanol–water partition coefficient (Wildman–Crippen LogP) is 6.32. The van der Waals surface area contributed by atoms with E-state index in [0.29, 0.717) is 16.7 Å². The lowest BCUT2D eigenvalue weighted by Gasteiger charge is -2.34. The number of aromatic nitrogens is 4. The number of methoxy groups -OCH3 is 1. The first-order valence-electron chi connectivity index (χ1n) is 20.1. The van der Waals surface area contributed by atoms with Gasteiger partial charge < -0.3 is 38.6 Å². The molecule has 3 heterocycles. The summed E-state index contributed by atoms with van der Waals surface area (Å²) in [7, 11) is 1.03. The summed E-state index contributed by atoms with van der Waals surface area (Å²) in [5, 5.41) is 2.72. The van der Waals surface area contributed by atoms with E-state index in [1.807, 2.05) is 0 Å². The molecule has 1 fully saturated rings. The number of hydrogen-bond acceptors (Lipinski definition) is 15. The highest BCUT2D eigenvalue weighted by Crippen LogP contribution is 2.39. The van der Waals surface area contributed by atoms with Gasteiger partial charge in [-0.2, -0.15) is 0 Å². The number of carbonyl (C=O) groups excluding carboxylic acids is 5. The molecule has 65 heavy (non-hydrogen) atoms. The minimum Gasteiger partial charge on any atom is -0.467 e. The molecule has 6 atom stereocenters. The molecule has 3 aromatic carbocycles. The maximum atomic E-state index is 14.3. The molecular formula is C44H44F3N7O11. The second-order valence-corrected chi connectivity index (χ2v) is 14.6. The van der Waals surface area contributed by atoms with Gasteiger partial charge in [0.1, 0.15) is 19.0 Å². The summed E-state index contributed by atoms with van der Waals surface area (Å²) in [5.74, 6) is -2.99. The smallest absolute Gasteiger partial charge is 0.467 e. The molecule has 5 aromatic rings. The van der Waals surface area contributed by atoms with E-state index in [2.05, 4.69) is 30.0 Å². The van der Waals surface area contributed by atoms with E-state index in [1.54, 1.807) is 91.0 Å². The van der Waals surface area contributed by atoms with Crippen molar-refractivity contribution >= 4 is 53.3 Å². The zero-order valence-electron chi connectivity index (χ0n) is 35.2. The maximum absolute atomic E-state index is 14.3. The van der Waals surface area contributed by atoms with Gasteiger partial charge in [-0.15, -0.1) is 13.2 Å². The number of hydrogen-bond donors (Lipinski definition) is 1. The van der Waals surface area contributed by atoms with Gasteiger partial charge in [0.25, 0.3) is 5.91 Å². The number of fused-ring (bicyclic) bond motifs is 1. The average molecular weight is 904 g/mol. The Balaban J connectivity index is 1.39. The number of carbonyl (C=O) groups is 5. The Hall–Kier alpha value is -7.42. The molecule has 2 aromatic heterocycles. The lowest BCUT2D eigenvalue weighted by molar-refractivity contribution is -0.280. The number of imidazole rings is 1.